The Balaban J connectivity index is 1.90. The Morgan fingerprint density at radius 1 is 1.58 bits per heavy atom. The second-order valence-electron chi connectivity index (χ2n) is 6.16. The monoisotopic (exact) mass is 288 g/mol. The Bertz CT molecular complexity index is 272. The number of hydrogen-bond acceptors (Lipinski definition) is 5. The zero-order valence-electron chi connectivity index (χ0n) is 12.2. The highest BCUT2D eigenvalue weighted by Gasteiger charge is 2.42. The van der Waals surface area contributed by atoms with Crippen LogP contribution in [-0.2, 0) is 9.47 Å². The van der Waals surface area contributed by atoms with Gasteiger partial charge < -0.3 is 9.47 Å². The first-order valence-corrected chi connectivity index (χ1v) is 8.51. The Hall–Kier alpha value is 0.190. The van der Waals surface area contributed by atoms with E-state index in [9.17, 15) is 0 Å². The molecule has 0 saturated carbocycles. The van der Waals surface area contributed by atoms with Crippen LogP contribution in [-0.4, -0.2) is 43.5 Å². The van der Waals surface area contributed by atoms with Gasteiger partial charge in [0, 0.05) is 32.1 Å². The number of nitrogens with two attached hydrogens (primary N) is 1. The Kier molecular flexibility index (Phi) is 5.96. The van der Waals surface area contributed by atoms with Gasteiger partial charge in [-0.2, -0.15) is 11.8 Å². The van der Waals surface area contributed by atoms with Gasteiger partial charge in [-0.25, -0.2) is 0 Å². The van der Waals surface area contributed by atoms with E-state index >= 15 is 0 Å². The minimum absolute atomic E-state index is 0.146. The average molecular weight is 288 g/mol. The van der Waals surface area contributed by atoms with Gasteiger partial charge in [0.15, 0.2) is 0 Å². The largest absolute Gasteiger partial charge is 0.384 e. The van der Waals surface area contributed by atoms with Crippen molar-refractivity contribution in [3.8, 4) is 0 Å². The van der Waals surface area contributed by atoms with Crippen LogP contribution < -0.4 is 11.3 Å². The lowest BCUT2D eigenvalue weighted by molar-refractivity contribution is -0.0865. The predicted molar refractivity (Wildman–Crippen MR) is 80.1 cm³/mol. The van der Waals surface area contributed by atoms with Crippen LogP contribution in [0.1, 0.15) is 32.6 Å². The van der Waals surface area contributed by atoms with E-state index in [2.05, 4.69) is 12.3 Å². The van der Waals surface area contributed by atoms with E-state index in [0.717, 1.165) is 38.2 Å². The average Bonchev–Trinajstić information content (AvgIpc) is 2.84. The van der Waals surface area contributed by atoms with E-state index in [-0.39, 0.29) is 5.60 Å². The van der Waals surface area contributed by atoms with E-state index in [4.69, 9.17) is 15.3 Å². The first kappa shape index (κ1) is 15.6. The third-order valence-corrected chi connectivity index (χ3v) is 5.71. The molecule has 2 heterocycles. The van der Waals surface area contributed by atoms with Crippen LogP contribution >= 0.6 is 11.8 Å². The van der Waals surface area contributed by atoms with Crippen molar-refractivity contribution in [3.63, 3.8) is 0 Å². The summed E-state index contributed by atoms with van der Waals surface area (Å²) in [4.78, 5) is 0. The molecule has 0 radical (unpaired) electrons. The summed E-state index contributed by atoms with van der Waals surface area (Å²) in [5.41, 5.74) is 3.20. The molecule has 2 aliphatic heterocycles. The van der Waals surface area contributed by atoms with Gasteiger partial charge in [-0.1, -0.05) is 6.92 Å². The molecule has 4 unspecified atom stereocenters. The smallest absolute Gasteiger partial charge is 0.0783 e. The zero-order chi connectivity index (χ0) is 13.7. The number of ether oxygens (including phenoxy) is 2. The number of hydrazine groups is 1. The summed E-state index contributed by atoms with van der Waals surface area (Å²) in [6.45, 7) is 3.93. The minimum atomic E-state index is 0.146. The van der Waals surface area contributed by atoms with Gasteiger partial charge in [0.2, 0.25) is 0 Å². The van der Waals surface area contributed by atoms with Crippen molar-refractivity contribution in [2.24, 2.45) is 17.7 Å². The van der Waals surface area contributed by atoms with Gasteiger partial charge in [0.1, 0.15) is 0 Å². The second kappa shape index (κ2) is 7.27. The third-order valence-electron chi connectivity index (χ3n) is 4.49. The van der Waals surface area contributed by atoms with Crippen molar-refractivity contribution >= 4 is 11.8 Å². The quantitative estimate of drug-likeness (QED) is 0.576. The molecule has 2 fully saturated rings. The van der Waals surface area contributed by atoms with Crippen LogP contribution in [0.2, 0.25) is 0 Å². The van der Waals surface area contributed by atoms with Gasteiger partial charge in [0.05, 0.1) is 5.60 Å². The van der Waals surface area contributed by atoms with Crippen molar-refractivity contribution in [2.45, 2.75) is 44.2 Å². The summed E-state index contributed by atoms with van der Waals surface area (Å²) >= 11 is 2.03. The highest BCUT2D eigenvalue weighted by atomic mass is 32.2. The molecule has 2 saturated heterocycles. The second-order valence-corrected chi connectivity index (χ2v) is 7.26. The standard InChI is InChI=1S/C14H28N2O2S/c1-11(9-17-2)7-13(16-15)12-3-5-18-14(8-12)4-6-19-10-14/h11-13,16H,3-10,15H2,1-2H3. The number of nitrogens with one attached hydrogen (secondary N) is 1. The van der Waals surface area contributed by atoms with E-state index in [0.29, 0.717) is 17.9 Å². The van der Waals surface area contributed by atoms with Crippen molar-refractivity contribution in [1.82, 2.24) is 5.43 Å². The molecule has 3 N–H and O–H groups in total. The van der Waals surface area contributed by atoms with Crippen LogP contribution in [0.4, 0.5) is 0 Å². The first-order valence-electron chi connectivity index (χ1n) is 7.36. The van der Waals surface area contributed by atoms with Crippen LogP contribution in [0.3, 0.4) is 0 Å². The van der Waals surface area contributed by atoms with Crippen molar-refractivity contribution < 1.29 is 9.47 Å². The molecule has 19 heavy (non-hydrogen) atoms. The van der Waals surface area contributed by atoms with Gasteiger partial charge >= 0.3 is 0 Å². The summed E-state index contributed by atoms with van der Waals surface area (Å²) in [6, 6.07) is 0.386. The summed E-state index contributed by atoms with van der Waals surface area (Å²) < 4.78 is 11.3. The number of hydrogen-bond donors (Lipinski definition) is 2. The minimum Gasteiger partial charge on any atom is -0.384 e. The van der Waals surface area contributed by atoms with Gasteiger partial charge in [-0.3, -0.25) is 11.3 Å². The summed E-state index contributed by atoms with van der Waals surface area (Å²) in [6.07, 6.45) is 4.58. The van der Waals surface area contributed by atoms with E-state index < -0.39 is 0 Å². The van der Waals surface area contributed by atoms with Crippen LogP contribution in [0.25, 0.3) is 0 Å². The SMILES string of the molecule is COCC(C)CC(NN)C1CCOC2(CCSC2)C1. The molecule has 2 aliphatic rings. The predicted octanol–water partition coefficient (Wildman–Crippen LogP) is 1.79. The highest BCUT2D eigenvalue weighted by Crippen LogP contribution is 2.41. The van der Waals surface area contributed by atoms with Gasteiger partial charge in [0.25, 0.3) is 0 Å². The fraction of sp³-hybridized carbons (Fsp3) is 1.00. The molecule has 0 aromatic carbocycles. The van der Waals surface area contributed by atoms with Crippen LogP contribution in [0, 0.1) is 11.8 Å². The van der Waals surface area contributed by atoms with Crippen molar-refractivity contribution in [2.75, 3.05) is 31.8 Å². The number of thioether (sulfide) groups is 1. The topological polar surface area (TPSA) is 56.5 Å². The molecule has 0 aromatic rings. The molecule has 0 bridgehead atoms. The van der Waals surface area contributed by atoms with Crippen molar-refractivity contribution in [3.05, 3.63) is 0 Å². The summed E-state index contributed by atoms with van der Waals surface area (Å²) in [7, 11) is 1.76. The maximum absolute atomic E-state index is 6.09. The zero-order valence-corrected chi connectivity index (χ0v) is 13.0. The fourth-order valence-corrected chi connectivity index (χ4v) is 4.83. The lowest BCUT2D eigenvalue weighted by Crippen LogP contribution is -2.49. The van der Waals surface area contributed by atoms with E-state index in [1.165, 1.54) is 12.2 Å². The Labute approximate surface area is 121 Å². The van der Waals surface area contributed by atoms with Gasteiger partial charge in [-0.15, -0.1) is 0 Å². The van der Waals surface area contributed by atoms with Crippen LogP contribution in [0.15, 0.2) is 0 Å². The molecule has 0 amide bonds. The fourth-order valence-electron chi connectivity index (χ4n) is 3.46. The molecule has 0 aliphatic carbocycles. The summed E-state index contributed by atoms with van der Waals surface area (Å²) in [5.74, 6) is 9.38. The molecule has 0 aromatic heterocycles. The number of rotatable bonds is 6. The molecule has 1 spiro atoms. The van der Waals surface area contributed by atoms with E-state index in [1.54, 1.807) is 7.11 Å². The third kappa shape index (κ3) is 4.08. The first-order chi connectivity index (χ1) is 9.19. The summed E-state index contributed by atoms with van der Waals surface area (Å²) in [5, 5.41) is 0. The molecule has 5 heteroatoms. The highest BCUT2D eigenvalue weighted by molar-refractivity contribution is 7.99. The molecule has 112 valence electrons. The Morgan fingerprint density at radius 2 is 2.42 bits per heavy atom. The maximum atomic E-state index is 6.09. The lowest BCUT2D eigenvalue weighted by atomic mass is 9.79. The molecule has 4 nitrogen and oxygen atoms in total. The van der Waals surface area contributed by atoms with Crippen LogP contribution in [0.5, 0.6) is 0 Å². The van der Waals surface area contributed by atoms with Crippen molar-refractivity contribution in [1.29, 1.82) is 0 Å². The van der Waals surface area contributed by atoms with Gasteiger partial charge in [-0.05, 0) is 43.3 Å². The maximum Gasteiger partial charge on any atom is 0.0783 e. The van der Waals surface area contributed by atoms with E-state index in [1.807, 2.05) is 11.8 Å². The molecule has 4 atom stereocenters. The molecular formula is C14H28N2O2S. The molecule has 2 rings (SSSR count). The lowest BCUT2D eigenvalue weighted by Gasteiger charge is -2.41. The molecular weight excluding hydrogens is 260 g/mol. The normalized spacial score (nSPS) is 34.6. The Morgan fingerprint density at radius 3 is 3.05 bits per heavy atom. The number of methoxy groups -OCH3 is 1.